The molecule has 1 saturated heterocycles. The molecule has 0 unspecified atom stereocenters. The summed E-state index contributed by atoms with van der Waals surface area (Å²) in [6.45, 7) is 4.10. The molecule has 0 bridgehead atoms. The maximum absolute atomic E-state index is 12.7. The number of halogens is 3. The highest BCUT2D eigenvalue weighted by Gasteiger charge is 2.34. The van der Waals surface area contributed by atoms with Crippen LogP contribution < -0.4 is 4.90 Å². The lowest BCUT2D eigenvalue weighted by atomic mass is 10.1. The molecular formula is C19H22F3N2O2S+. The van der Waals surface area contributed by atoms with Crippen LogP contribution in [0.2, 0.25) is 0 Å². The SMILES string of the molecule is C[C@@H](c1ccccc1)[NH+]1CCN(S(=O)(=O)c2ccc(C(F)(F)F)cc2)CC1. The summed E-state index contributed by atoms with van der Waals surface area (Å²) in [5.74, 6) is 0. The number of hydrogen-bond acceptors (Lipinski definition) is 2. The van der Waals surface area contributed by atoms with Gasteiger partial charge in [-0.25, -0.2) is 8.42 Å². The van der Waals surface area contributed by atoms with Gasteiger partial charge in [0, 0.05) is 5.56 Å². The molecule has 2 aromatic carbocycles. The summed E-state index contributed by atoms with van der Waals surface area (Å²) in [7, 11) is -3.79. The zero-order valence-corrected chi connectivity index (χ0v) is 15.7. The predicted octanol–water partition coefficient (Wildman–Crippen LogP) is 2.36. The third kappa shape index (κ3) is 4.34. The molecule has 27 heavy (non-hydrogen) atoms. The Balaban J connectivity index is 1.68. The molecule has 1 heterocycles. The lowest BCUT2D eigenvalue weighted by Gasteiger charge is -2.35. The van der Waals surface area contributed by atoms with Crippen LogP contribution in [0.1, 0.15) is 24.1 Å². The van der Waals surface area contributed by atoms with Gasteiger partial charge in [0.25, 0.3) is 0 Å². The Morgan fingerprint density at radius 1 is 0.963 bits per heavy atom. The van der Waals surface area contributed by atoms with Gasteiger partial charge in [0.05, 0.1) is 36.6 Å². The van der Waals surface area contributed by atoms with Crippen LogP contribution in [-0.4, -0.2) is 38.9 Å². The van der Waals surface area contributed by atoms with Crippen LogP contribution in [0.4, 0.5) is 13.2 Å². The van der Waals surface area contributed by atoms with Crippen LogP contribution in [-0.2, 0) is 16.2 Å². The maximum Gasteiger partial charge on any atom is 0.416 e. The molecule has 1 fully saturated rings. The number of nitrogens with one attached hydrogen (secondary N) is 1. The average molecular weight is 399 g/mol. The maximum atomic E-state index is 12.7. The molecule has 0 spiro atoms. The fraction of sp³-hybridized carbons (Fsp3) is 0.368. The van der Waals surface area contributed by atoms with E-state index in [1.807, 2.05) is 18.2 Å². The summed E-state index contributed by atoms with van der Waals surface area (Å²) < 4.78 is 64.8. The van der Waals surface area contributed by atoms with Crippen LogP contribution in [0, 0.1) is 0 Å². The van der Waals surface area contributed by atoms with Crippen molar-refractivity contribution in [2.45, 2.75) is 24.0 Å². The van der Waals surface area contributed by atoms with E-state index in [4.69, 9.17) is 0 Å². The van der Waals surface area contributed by atoms with Gasteiger partial charge in [0.15, 0.2) is 0 Å². The Morgan fingerprint density at radius 3 is 2.04 bits per heavy atom. The minimum absolute atomic E-state index is 0.102. The number of benzene rings is 2. The van der Waals surface area contributed by atoms with Crippen molar-refractivity contribution in [2.75, 3.05) is 26.2 Å². The molecule has 1 atom stereocenters. The lowest BCUT2D eigenvalue weighted by molar-refractivity contribution is -0.933. The van der Waals surface area contributed by atoms with E-state index in [0.717, 1.165) is 24.3 Å². The molecule has 0 amide bonds. The van der Waals surface area contributed by atoms with Gasteiger partial charge < -0.3 is 4.90 Å². The first kappa shape index (κ1) is 19.9. The first-order chi connectivity index (χ1) is 12.7. The zero-order chi connectivity index (χ0) is 19.7. The van der Waals surface area contributed by atoms with Crippen molar-refractivity contribution in [3.63, 3.8) is 0 Å². The predicted molar refractivity (Wildman–Crippen MR) is 95.8 cm³/mol. The van der Waals surface area contributed by atoms with Crippen LogP contribution in [0.5, 0.6) is 0 Å². The average Bonchev–Trinajstić information content (AvgIpc) is 2.67. The quantitative estimate of drug-likeness (QED) is 0.858. The van der Waals surface area contributed by atoms with Crippen LogP contribution in [0.25, 0.3) is 0 Å². The van der Waals surface area contributed by atoms with E-state index in [1.54, 1.807) is 0 Å². The Labute approximate surface area is 157 Å². The van der Waals surface area contributed by atoms with Crippen molar-refractivity contribution >= 4 is 10.0 Å². The molecule has 1 aliphatic rings. The summed E-state index contributed by atoms with van der Waals surface area (Å²) in [6, 6.07) is 14.0. The number of piperazine rings is 1. The third-order valence-corrected chi connectivity index (χ3v) is 7.01. The van der Waals surface area contributed by atoms with E-state index in [1.165, 1.54) is 14.8 Å². The molecule has 1 N–H and O–H groups in total. The fourth-order valence-electron chi connectivity index (χ4n) is 3.39. The van der Waals surface area contributed by atoms with Crippen molar-refractivity contribution in [1.82, 2.24) is 4.31 Å². The summed E-state index contributed by atoms with van der Waals surface area (Å²) in [6.07, 6.45) is -4.48. The van der Waals surface area contributed by atoms with Gasteiger partial charge in [-0.05, 0) is 31.2 Å². The summed E-state index contributed by atoms with van der Waals surface area (Å²) in [5, 5.41) is 0. The van der Waals surface area contributed by atoms with Gasteiger partial charge in [0.1, 0.15) is 6.04 Å². The summed E-state index contributed by atoms with van der Waals surface area (Å²) in [4.78, 5) is 1.19. The van der Waals surface area contributed by atoms with Gasteiger partial charge in [-0.15, -0.1) is 0 Å². The van der Waals surface area contributed by atoms with Gasteiger partial charge in [-0.3, -0.25) is 0 Å². The molecule has 146 valence electrons. The monoisotopic (exact) mass is 399 g/mol. The minimum Gasteiger partial charge on any atom is -0.327 e. The second kappa shape index (κ2) is 7.61. The number of nitrogens with zero attached hydrogens (tertiary/aromatic N) is 1. The van der Waals surface area contributed by atoms with E-state index < -0.39 is 21.8 Å². The fourth-order valence-corrected chi connectivity index (χ4v) is 4.83. The normalized spacial score (nSPS) is 18.4. The smallest absolute Gasteiger partial charge is 0.327 e. The molecule has 8 heteroatoms. The van der Waals surface area contributed by atoms with Crippen LogP contribution in [0.3, 0.4) is 0 Å². The first-order valence-corrected chi connectivity index (χ1v) is 10.2. The van der Waals surface area contributed by atoms with Crippen molar-refractivity contribution in [3.05, 3.63) is 65.7 Å². The Hall–Kier alpha value is -1.90. The van der Waals surface area contributed by atoms with Crippen LogP contribution >= 0.6 is 0 Å². The topological polar surface area (TPSA) is 41.8 Å². The third-order valence-electron chi connectivity index (χ3n) is 5.10. The highest BCUT2D eigenvalue weighted by Crippen LogP contribution is 2.30. The molecule has 0 radical (unpaired) electrons. The van der Waals surface area contributed by atoms with Gasteiger partial charge in [0.2, 0.25) is 10.0 Å². The van der Waals surface area contributed by atoms with Crippen molar-refractivity contribution in [2.24, 2.45) is 0 Å². The second-order valence-electron chi connectivity index (χ2n) is 6.72. The molecular weight excluding hydrogens is 377 g/mol. The van der Waals surface area contributed by atoms with Crippen molar-refractivity contribution in [1.29, 1.82) is 0 Å². The number of rotatable bonds is 4. The van der Waals surface area contributed by atoms with Crippen LogP contribution in [0.15, 0.2) is 59.5 Å². The van der Waals surface area contributed by atoms with Crippen molar-refractivity contribution < 1.29 is 26.5 Å². The van der Waals surface area contributed by atoms with Gasteiger partial charge in [-0.2, -0.15) is 17.5 Å². The molecule has 3 rings (SSSR count). The molecule has 0 aromatic heterocycles. The van der Waals surface area contributed by atoms with E-state index in [9.17, 15) is 21.6 Å². The number of alkyl halides is 3. The Morgan fingerprint density at radius 2 is 1.52 bits per heavy atom. The molecule has 1 aliphatic heterocycles. The Bertz CT molecular complexity index is 860. The highest BCUT2D eigenvalue weighted by molar-refractivity contribution is 7.89. The number of hydrogen-bond donors (Lipinski definition) is 1. The van der Waals surface area contributed by atoms with E-state index in [-0.39, 0.29) is 10.9 Å². The Kier molecular flexibility index (Phi) is 5.60. The molecule has 0 aliphatic carbocycles. The van der Waals surface area contributed by atoms with E-state index >= 15 is 0 Å². The second-order valence-corrected chi connectivity index (χ2v) is 8.65. The minimum atomic E-state index is -4.48. The number of sulfonamides is 1. The zero-order valence-electron chi connectivity index (χ0n) is 14.9. The number of quaternary nitrogens is 1. The standard InChI is InChI=1S/C19H21F3N2O2S/c1-15(16-5-3-2-4-6-16)23-11-13-24(14-12-23)27(25,26)18-9-7-17(8-10-18)19(20,21)22/h2-10,15H,11-14H2,1H3/p+1/t15-/m0/s1. The molecule has 4 nitrogen and oxygen atoms in total. The summed E-state index contributed by atoms with van der Waals surface area (Å²) in [5.41, 5.74) is 0.346. The van der Waals surface area contributed by atoms with E-state index in [0.29, 0.717) is 26.2 Å². The first-order valence-electron chi connectivity index (χ1n) is 8.76. The van der Waals surface area contributed by atoms with E-state index in [2.05, 4.69) is 19.1 Å². The highest BCUT2D eigenvalue weighted by atomic mass is 32.2. The molecule has 0 saturated carbocycles. The van der Waals surface area contributed by atoms with Crippen molar-refractivity contribution in [3.8, 4) is 0 Å². The lowest BCUT2D eigenvalue weighted by Crippen LogP contribution is -3.14. The van der Waals surface area contributed by atoms with Gasteiger partial charge in [-0.1, -0.05) is 30.3 Å². The summed E-state index contributed by atoms with van der Waals surface area (Å²) >= 11 is 0. The molecule has 2 aromatic rings. The largest absolute Gasteiger partial charge is 0.416 e. The van der Waals surface area contributed by atoms with Gasteiger partial charge >= 0.3 is 6.18 Å².